The SMILES string of the molecule is CCC(C)(C)S(=O)(=O)CCO. The Morgan fingerprint density at radius 1 is 1.36 bits per heavy atom. The Balaban J connectivity index is 4.55. The van der Waals surface area contributed by atoms with E-state index in [2.05, 4.69) is 0 Å². The standard InChI is InChI=1S/C7H16O3S/c1-4-7(2,3)11(9,10)6-5-8/h8H,4-6H2,1-3H3. The molecule has 0 aromatic rings. The van der Waals surface area contributed by atoms with Gasteiger partial charge in [0.25, 0.3) is 0 Å². The molecule has 68 valence electrons. The molecule has 1 N–H and O–H groups in total. The van der Waals surface area contributed by atoms with Crippen LogP contribution in [0, 0.1) is 0 Å². The zero-order valence-corrected chi connectivity index (χ0v) is 8.11. The minimum atomic E-state index is -3.11. The average molecular weight is 180 g/mol. The van der Waals surface area contributed by atoms with Gasteiger partial charge in [-0.05, 0) is 20.3 Å². The molecule has 0 spiro atoms. The number of hydrogen-bond acceptors (Lipinski definition) is 3. The van der Waals surface area contributed by atoms with Crippen LogP contribution in [0.25, 0.3) is 0 Å². The lowest BCUT2D eigenvalue weighted by Crippen LogP contribution is -2.34. The molecule has 0 saturated carbocycles. The first-order chi connectivity index (χ1) is 4.87. The Bertz CT molecular complexity index is 204. The predicted molar refractivity (Wildman–Crippen MR) is 45.2 cm³/mol. The Hall–Kier alpha value is -0.0900. The highest BCUT2D eigenvalue weighted by atomic mass is 32.2. The molecule has 0 radical (unpaired) electrons. The van der Waals surface area contributed by atoms with Gasteiger partial charge >= 0.3 is 0 Å². The first-order valence-corrected chi connectivity index (χ1v) is 5.36. The minimum absolute atomic E-state index is 0.131. The maximum Gasteiger partial charge on any atom is 0.157 e. The second kappa shape index (κ2) is 3.54. The molecule has 0 aromatic heterocycles. The topological polar surface area (TPSA) is 54.4 Å². The number of aliphatic hydroxyl groups excluding tert-OH is 1. The van der Waals surface area contributed by atoms with Crippen molar-refractivity contribution in [3.05, 3.63) is 0 Å². The third kappa shape index (κ3) is 2.45. The lowest BCUT2D eigenvalue weighted by Gasteiger charge is -2.21. The summed E-state index contributed by atoms with van der Waals surface area (Å²) in [7, 11) is -3.11. The highest BCUT2D eigenvalue weighted by molar-refractivity contribution is 7.92. The smallest absolute Gasteiger partial charge is 0.157 e. The van der Waals surface area contributed by atoms with Crippen LogP contribution in [-0.2, 0) is 9.84 Å². The van der Waals surface area contributed by atoms with Gasteiger partial charge < -0.3 is 5.11 Å². The highest BCUT2D eigenvalue weighted by Crippen LogP contribution is 2.20. The second-order valence-corrected chi connectivity index (χ2v) is 5.90. The van der Waals surface area contributed by atoms with E-state index >= 15 is 0 Å². The third-order valence-electron chi connectivity index (χ3n) is 2.05. The van der Waals surface area contributed by atoms with Crippen LogP contribution >= 0.6 is 0 Å². The first-order valence-electron chi connectivity index (χ1n) is 3.70. The van der Waals surface area contributed by atoms with Crippen LogP contribution < -0.4 is 0 Å². The van der Waals surface area contributed by atoms with Crippen molar-refractivity contribution in [2.45, 2.75) is 31.9 Å². The molecule has 0 atom stereocenters. The average Bonchev–Trinajstić information content (AvgIpc) is 1.87. The quantitative estimate of drug-likeness (QED) is 0.688. The molecule has 0 aliphatic heterocycles. The van der Waals surface area contributed by atoms with Crippen LogP contribution in [0.3, 0.4) is 0 Å². The normalized spacial score (nSPS) is 13.5. The molecule has 0 unspecified atom stereocenters. The molecule has 3 nitrogen and oxygen atoms in total. The van der Waals surface area contributed by atoms with Gasteiger partial charge in [0, 0.05) is 0 Å². The zero-order chi connectivity index (χ0) is 9.12. The molecular weight excluding hydrogens is 164 g/mol. The Labute approximate surface area is 68.3 Å². The molecule has 0 aliphatic carbocycles. The Kier molecular flexibility index (Phi) is 3.51. The van der Waals surface area contributed by atoms with Crippen molar-refractivity contribution in [2.75, 3.05) is 12.4 Å². The van der Waals surface area contributed by atoms with Crippen LogP contribution in [0.1, 0.15) is 27.2 Å². The largest absolute Gasteiger partial charge is 0.395 e. The summed E-state index contributed by atoms with van der Waals surface area (Å²) in [5.74, 6) is -0.131. The fourth-order valence-corrected chi connectivity index (χ4v) is 1.85. The van der Waals surface area contributed by atoms with E-state index in [1.54, 1.807) is 13.8 Å². The van der Waals surface area contributed by atoms with Crippen LogP contribution in [0.5, 0.6) is 0 Å². The van der Waals surface area contributed by atoms with Gasteiger partial charge in [0.2, 0.25) is 0 Å². The molecule has 0 rings (SSSR count). The molecule has 4 heteroatoms. The third-order valence-corrected chi connectivity index (χ3v) is 4.75. The van der Waals surface area contributed by atoms with E-state index in [4.69, 9.17) is 5.11 Å². The fraction of sp³-hybridized carbons (Fsp3) is 1.00. The minimum Gasteiger partial charge on any atom is -0.395 e. The van der Waals surface area contributed by atoms with Gasteiger partial charge in [-0.3, -0.25) is 0 Å². The Morgan fingerprint density at radius 2 is 1.82 bits per heavy atom. The molecule has 0 aromatic carbocycles. The van der Waals surface area contributed by atoms with E-state index in [0.29, 0.717) is 6.42 Å². The summed E-state index contributed by atoms with van der Waals surface area (Å²) in [6.07, 6.45) is 0.579. The van der Waals surface area contributed by atoms with E-state index < -0.39 is 14.6 Å². The van der Waals surface area contributed by atoms with Gasteiger partial charge in [0.1, 0.15) is 0 Å². The summed E-state index contributed by atoms with van der Waals surface area (Å²) in [6, 6.07) is 0. The van der Waals surface area contributed by atoms with Crippen molar-refractivity contribution >= 4 is 9.84 Å². The van der Waals surface area contributed by atoms with Crippen molar-refractivity contribution in [3.63, 3.8) is 0 Å². The summed E-state index contributed by atoms with van der Waals surface area (Å²) in [5, 5.41) is 8.48. The summed E-state index contributed by atoms with van der Waals surface area (Å²) in [5.41, 5.74) is 0. The fourth-order valence-electron chi connectivity index (χ4n) is 0.616. The summed E-state index contributed by atoms with van der Waals surface area (Å²) in [4.78, 5) is 0. The van der Waals surface area contributed by atoms with Gasteiger partial charge in [-0.2, -0.15) is 0 Å². The highest BCUT2D eigenvalue weighted by Gasteiger charge is 2.31. The van der Waals surface area contributed by atoms with Gasteiger partial charge in [0.05, 0.1) is 17.1 Å². The molecule has 0 amide bonds. The lowest BCUT2D eigenvalue weighted by atomic mass is 10.1. The molecule has 0 heterocycles. The molecule has 11 heavy (non-hydrogen) atoms. The maximum atomic E-state index is 11.3. The van der Waals surface area contributed by atoms with Gasteiger partial charge in [-0.1, -0.05) is 6.92 Å². The number of rotatable bonds is 4. The van der Waals surface area contributed by atoms with Crippen molar-refractivity contribution in [2.24, 2.45) is 0 Å². The van der Waals surface area contributed by atoms with Gasteiger partial charge in [-0.25, -0.2) is 8.42 Å². The molecule has 0 fully saturated rings. The van der Waals surface area contributed by atoms with Gasteiger partial charge in [0.15, 0.2) is 9.84 Å². The van der Waals surface area contributed by atoms with Crippen LogP contribution in [-0.4, -0.2) is 30.6 Å². The van der Waals surface area contributed by atoms with Crippen LogP contribution in [0.15, 0.2) is 0 Å². The van der Waals surface area contributed by atoms with E-state index in [1.807, 2.05) is 6.92 Å². The van der Waals surface area contributed by atoms with E-state index in [-0.39, 0.29) is 12.4 Å². The van der Waals surface area contributed by atoms with Gasteiger partial charge in [-0.15, -0.1) is 0 Å². The van der Waals surface area contributed by atoms with Crippen LogP contribution in [0.2, 0.25) is 0 Å². The predicted octanol–water partition coefficient (Wildman–Crippen LogP) is 0.582. The van der Waals surface area contributed by atoms with Crippen LogP contribution in [0.4, 0.5) is 0 Å². The molecule has 0 aliphatic rings. The number of hydrogen-bond donors (Lipinski definition) is 1. The molecule has 0 bridgehead atoms. The number of aliphatic hydroxyl groups is 1. The van der Waals surface area contributed by atoms with Crippen molar-refractivity contribution < 1.29 is 13.5 Å². The summed E-state index contributed by atoms with van der Waals surface area (Å²) < 4.78 is 21.9. The van der Waals surface area contributed by atoms with E-state index in [1.165, 1.54) is 0 Å². The van der Waals surface area contributed by atoms with E-state index in [0.717, 1.165) is 0 Å². The van der Waals surface area contributed by atoms with Crippen molar-refractivity contribution in [3.8, 4) is 0 Å². The monoisotopic (exact) mass is 180 g/mol. The lowest BCUT2D eigenvalue weighted by molar-refractivity contribution is 0.318. The first kappa shape index (κ1) is 10.9. The van der Waals surface area contributed by atoms with Crippen molar-refractivity contribution in [1.82, 2.24) is 0 Å². The second-order valence-electron chi connectivity index (χ2n) is 3.16. The molecule has 0 saturated heterocycles. The van der Waals surface area contributed by atoms with Crippen molar-refractivity contribution in [1.29, 1.82) is 0 Å². The Morgan fingerprint density at radius 3 is 2.09 bits per heavy atom. The van der Waals surface area contributed by atoms with E-state index in [9.17, 15) is 8.42 Å². The number of sulfone groups is 1. The molecular formula is C7H16O3S. The maximum absolute atomic E-state index is 11.3. The summed E-state index contributed by atoms with van der Waals surface area (Å²) in [6.45, 7) is 4.90. The zero-order valence-electron chi connectivity index (χ0n) is 7.29. The summed E-state index contributed by atoms with van der Waals surface area (Å²) >= 11 is 0.